The van der Waals surface area contributed by atoms with Crippen LogP contribution in [-0.4, -0.2) is 30.1 Å². The van der Waals surface area contributed by atoms with Crippen molar-refractivity contribution < 1.29 is 5.03 Å². The second-order valence-electron chi connectivity index (χ2n) is 2.42. The summed E-state index contributed by atoms with van der Waals surface area (Å²) in [6.07, 6.45) is 1.60. The molecule has 1 aromatic rings. The van der Waals surface area contributed by atoms with Crippen molar-refractivity contribution in [3.63, 3.8) is 0 Å². The maximum absolute atomic E-state index is 10.2. The third kappa shape index (κ3) is 3.13. The van der Waals surface area contributed by atoms with Crippen LogP contribution in [0.1, 0.15) is 0 Å². The van der Waals surface area contributed by atoms with E-state index in [1.54, 1.807) is 25.2 Å². The topological polar surface area (TPSA) is 83.7 Å². The van der Waals surface area contributed by atoms with Gasteiger partial charge in [0.2, 0.25) is 0 Å². The maximum Gasteiger partial charge on any atom is 0.275 e. The molecule has 0 aromatic carbocycles. The lowest BCUT2D eigenvalue weighted by Crippen LogP contribution is -2.37. The predicted octanol–water partition coefficient (Wildman–Crippen LogP) is 1.11. The van der Waals surface area contributed by atoms with Crippen molar-refractivity contribution in [2.24, 2.45) is 5.10 Å². The number of hydrogen-bond donors (Lipinski definition) is 1. The van der Waals surface area contributed by atoms with Crippen LogP contribution in [0.5, 0.6) is 0 Å². The van der Waals surface area contributed by atoms with Crippen LogP contribution in [0, 0.1) is 10.1 Å². The molecule has 0 saturated carbocycles. The number of thiazole rings is 1. The quantitative estimate of drug-likeness (QED) is 0.382. The van der Waals surface area contributed by atoms with Gasteiger partial charge in [-0.05, 0) is 15.9 Å². The summed E-state index contributed by atoms with van der Waals surface area (Å²) in [4.78, 5) is 15.8. The molecule has 0 aliphatic carbocycles. The first kappa shape index (κ1) is 11.9. The number of guanidine groups is 1. The number of nitrogens with one attached hydrogen (secondary N) is 1. The highest BCUT2D eigenvalue weighted by Crippen LogP contribution is 2.25. The van der Waals surface area contributed by atoms with E-state index in [1.165, 1.54) is 11.3 Å². The zero-order valence-corrected chi connectivity index (χ0v) is 10.4. The Kier molecular flexibility index (Phi) is 3.97. The van der Waals surface area contributed by atoms with Crippen LogP contribution in [0.4, 0.5) is 5.00 Å². The van der Waals surface area contributed by atoms with E-state index in [2.05, 4.69) is 31.3 Å². The molecule has 1 rings (SSSR count). The molecule has 0 spiro atoms. The Balaban J connectivity index is 2.91. The molecule has 1 N–H and O–H groups in total. The van der Waals surface area contributed by atoms with Crippen LogP contribution in [0.2, 0.25) is 0 Å². The molecule has 15 heavy (non-hydrogen) atoms. The highest BCUT2D eigenvalue weighted by atomic mass is 79.9. The molecule has 9 heteroatoms. The standard InChI is InChI=1S/C6H8BrN5O2S/c1-8-6(10-12(13)14)11(2)4-3-9-5(7)15-4/h3H,1-2H3,(H,8,10). The van der Waals surface area contributed by atoms with Crippen LogP contribution in [0.3, 0.4) is 0 Å². The molecule has 0 aliphatic rings. The molecule has 1 heterocycles. The molecule has 0 amide bonds. The van der Waals surface area contributed by atoms with Gasteiger partial charge in [0.1, 0.15) is 10.1 Å². The van der Waals surface area contributed by atoms with Gasteiger partial charge >= 0.3 is 0 Å². The Morgan fingerprint density at radius 1 is 1.87 bits per heavy atom. The minimum absolute atomic E-state index is 0.149. The molecule has 0 fully saturated rings. The lowest BCUT2D eigenvalue weighted by molar-refractivity contribution is -0.485. The Morgan fingerprint density at radius 2 is 2.53 bits per heavy atom. The first-order valence-corrected chi connectivity index (χ1v) is 5.41. The van der Waals surface area contributed by atoms with Gasteiger partial charge in [-0.1, -0.05) is 11.3 Å². The van der Waals surface area contributed by atoms with Gasteiger partial charge in [0, 0.05) is 14.1 Å². The van der Waals surface area contributed by atoms with E-state index in [-0.39, 0.29) is 5.96 Å². The van der Waals surface area contributed by atoms with Crippen molar-refractivity contribution >= 4 is 38.2 Å². The monoisotopic (exact) mass is 293 g/mol. The minimum atomic E-state index is -0.752. The summed E-state index contributed by atoms with van der Waals surface area (Å²) in [5.74, 6) is 0.149. The third-order valence-electron chi connectivity index (χ3n) is 1.51. The van der Waals surface area contributed by atoms with Crippen LogP contribution in [0.25, 0.3) is 0 Å². The normalized spacial score (nSPS) is 11.3. The summed E-state index contributed by atoms with van der Waals surface area (Å²) in [7, 11) is 3.23. The summed E-state index contributed by atoms with van der Waals surface area (Å²) < 4.78 is 0.709. The fraction of sp³-hybridized carbons (Fsp3) is 0.333. The van der Waals surface area contributed by atoms with Crippen LogP contribution in [0.15, 0.2) is 15.2 Å². The van der Waals surface area contributed by atoms with Crippen LogP contribution in [-0.2, 0) is 0 Å². The number of nitro groups is 1. The molecule has 82 valence electrons. The third-order valence-corrected chi connectivity index (χ3v) is 3.07. The Labute approximate surface area is 98.1 Å². The summed E-state index contributed by atoms with van der Waals surface area (Å²) in [6.45, 7) is 0. The van der Waals surface area contributed by atoms with Crippen LogP contribution < -0.4 is 10.2 Å². The molecule has 0 aliphatic heterocycles. The Bertz CT molecular complexity index is 393. The average Bonchev–Trinajstić information content (AvgIpc) is 2.60. The summed E-state index contributed by atoms with van der Waals surface area (Å²) in [6, 6.07) is 0. The van der Waals surface area contributed by atoms with Gasteiger partial charge in [-0.3, -0.25) is 0 Å². The van der Waals surface area contributed by atoms with Gasteiger partial charge in [0.15, 0.2) is 8.95 Å². The average molecular weight is 294 g/mol. The van der Waals surface area contributed by atoms with Gasteiger partial charge in [-0.2, -0.15) is 0 Å². The van der Waals surface area contributed by atoms with E-state index >= 15 is 0 Å². The molecular formula is C6H8BrN5O2S. The van der Waals surface area contributed by atoms with Crippen molar-refractivity contribution in [2.75, 3.05) is 19.0 Å². The Hall–Kier alpha value is -1.22. The van der Waals surface area contributed by atoms with E-state index in [1.807, 2.05) is 0 Å². The Morgan fingerprint density at radius 3 is 2.93 bits per heavy atom. The molecule has 0 saturated heterocycles. The largest absolute Gasteiger partial charge is 0.354 e. The number of hydrogen-bond acceptors (Lipinski definition) is 4. The summed E-state index contributed by atoms with van der Waals surface area (Å²) in [5, 5.41) is 16.1. The zero-order chi connectivity index (χ0) is 11.4. The van der Waals surface area contributed by atoms with E-state index in [4.69, 9.17) is 0 Å². The lowest BCUT2D eigenvalue weighted by Gasteiger charge is -2.14. The predicted molar refractivity (Wildman–Crippen MR) is 61.7 cm³/mol. The number of rotatable bonds is 2. The van der Waals surface area contributed by atoms with E-state index < -0.39 is 5.03 Å². The molecule has 7 nitrogen and oxygen atoms in total. The van der Waals surface area contributed by atoms with Gasteiger partial charge in [-0.15, -0.1) is 0 Å². The maximum atomic E-state index is 10.2. The SMILES string of the molecule is CNC(=N[N+](=O)[O-])N(C)c1cnc(Br)s1. The van der Waals surface area contributed by atoms with E-state index in [0.717, 1.165) is 5.00 Å². The number of halogens is 1. The van der Waals surface area contributed by atoms with Gasteiger partial charge < -0.3 is 10.2 Å². The number of nitrogens with zero attached hydrogens (tertiary/aromatic N) is 4. The molecule has 1 aromatic heterocycles. The number of anilines is 1. The molecule has 0 bridgehead atoms. The second kappa shape index (κ2) is 5.03. The van der Waals surface area contributed by atoms with Gasteiger partial charge in [0.25, 0.3) is 5.96 Å². The van der Waals surface area contributed by atoms with E-state index in [0.29, 0.717) is 3.92 Å². The fourth-order valence-electron chi connectivity index (χ4n) is 0.867. The molecule has 0 atom stereocenters. The van der Waals surface area contributed by atoms with Crippen LogP contribution >= 0.6 is 27.3 Å². The van der Waals surface area contributed by atoms with Crippen molar-refractivity contribution in [1.82, 2.24) is 10.3 Å². The molecular weight excluding hydrogens is 286 g/mol. The summed E-state index contributed by atoms with van der Waals surface area (Å²) in [5.41, 5.74) is 0. The first-order valence-electron chi connectivity index (χ1n) is 3.80. The van der Waals surface area contributed by atoms with Gasteiger partial charge in [0.05, 0.1) is 6.20 Å². The zero-order valence-electron chi connectivity index (χ0n) is 7.97. The fourth-order valence-corrected chi connectivity index (χ4v) is 2.07. The molecule has 0 unspecified atom stereocenters. The molecule has 0 radical (unpaired) electrons. The van der Waals surface area contributed by atoms with Crippen molar-refractivity contribution in [1.29, 1.82) is 0 Å². The minimum Gasteiger partial charge on any atom is -0.354 e. The van der Waals surface area contributed by atoms with Gasteiger partial charge in [-0.25, -0.2) is 15.1 Å². The second-order valence-corrected chi connectivity index (χ2v) is 4.71. The smallest absolute Gasteiger partial charge is 0.275 e. The van der Waals surface area contributed by atoms with Crippen molar-refractivity contribution in [2.45, 2.75) is 0 Å². The highest BCUT2D eigenvalue weighted by Gasteiger charge is 2.13. The van der Waals surface area contributed by atoms with Crippen molar-refractivity contribution in [3.8, 4) is 0 Å². The van der Waals surface area contributed by atoms with E-state index in [9.17, 15) is 10.1 Å². The summed E-state index contributed by atoms with van der Waals surface area (Å²) >= 11 is 4.56. The number of hydrazone groups is 1. The lowest BCUT2D eigenvalue weighted by atomic mass is 10.7. The number of aromatic nitrogens is 1. The first-order chi connectivity index (χ1) is 7.04. The highest BCUT2D eigenvalue weighted by molar-refractivity contribution is 9.11. The van der Waals surface area contributed by atoms with Crippen molar-refractivity contribution in [3.05, 3.63) is 20.2 Å².